The summed E-state index contributed by atoms with van der Waals surface area (Å²) in [6.45, 7) is 6.57. The highest BCUT2D eigenvalue weighted by atomic mass is 16.3. The average molecular weight is 375 g/mol. The van der Waals surface area contributed by atoms with Crippen LogP contribution in [0.5, 0.6) is 0 Å². The van der Waals surface area contributed by atoms with E-state index in [9.17, 15) is 4.79 Å². The first kappa shape index (κ1) is 17.9. The van der Waals surface area contributed by atoms with Crippen LogP contribution in [0.4, 0.5) is 0 Å². The number of hydrogen-bond acceptors (Lipinski definition) is 5. The smallest absolute Gasteiger partial charge is 0.267 e. The van der Waals surface area contributed by atoms with E-state index in [0.717, 1.165) is 17.0 Å². The fourth-order valence-corrected chi connectivity index (χ4v) is 3.06. The molecule has 7 heteroatoms. The molecule has 4 rings (SSSR count). The number of aryl methyl sites for hydroxylation is 3. The molecular formula is C21H21N5O2. The van der Waals surface area contributed by atoms with Crippen molar-refractivity contribution in [3.63, 3.8) is 0 Å². The summed E-state index contributed by atoms with van der Waals surface area (Å²) in [7, 11) is 0. The van der Waals surface area contributed by atoms with E-state index in [-0.39, 0.29) is 12.1 Å². The molecule has 0 saturated heterocycles. The third-order valence-electron chi connectivity index (χ3n) is 4.42. The van der Waals surface area contributed by atoms with Gasteiger partial charge in [-0.05, 0) is 44.5 Å². The number of aromatic nitrogens is 5. The molecule has 1 aromatic carbocycles. The van der Waals surface area contributed by atoms with E-state index >= 15 is 0 Å². The molecule has 0 saturated carbocycles. The number of benzene rings is 1. The quantitative estimate of drug-likeness (QED) is 0.535. The zero-order chi connectivity index (χ0) is 19.7. The van der Waals surface area contributed by atoms with E-state index in [1.807, 2.05) is 38.1 Å². The van der Waals surface area contributed by atoms with Crippen LogP contribution in [0.1, 0.15) is 28.4 Å². The van der Waals surface area contributed by atoms with Gasteiger partial charge < -0.3 is 4.42 Å². The lowest BCUT2D eigenvalue weighted by atomic mass is 10.1. The van der Waals surface area contributed by atoms with Gasteiger partial charge in [-0.1, -0.05) is 29.8 Å². The van der Waals surface area contributed by atoms with Crippen molar-refractivity contribution in [2.75, 3.05) is 0 Å². The first-order valence-electron chi connectivity index (χ1n) is 9.09. The SMILES string of the molecule is Cc1cccc(Cn2nc(-c3ccc(C)o3)nc2Cn2nc(C)ccc2=O)c1. The zero-order valence-electron chi connectivity index (χ0n) is 16.1. The normalized spacial score (nSPS) is 11.1. The molecule has 0 fully saturated rings. The van der Waals surface area contributed by atoms with Crippen LogP contribution in [-0.2, 0) is 13.1 Å². The summed E-state index contributed by atoms with van der Waals surface area (Å²) in [6, 6.07) is 15.2. The second-order valence-corrected chi connectivity index (χ2v) is 6.88. The second kappa shape index (κ2) is 7.26. The molecule has 0 aliphatic carbocycles. The van der Waals surface area contributed by atoms with Crippen molar-refractivity contribution >= 4 is 0 Å². The molecule has 0 N–H and O–H groups in total. The van der Waals surface area contributed by atoms with E-state index < -0.39 is 0 Å². The molecular weight excluding hydrogens is 354 g/mol. The van der Waals surface area contributed by atoms with Crippen molar-refractivity contribution in [2.24, 2.45) is 0 Å². The molecule has 4 aromatic rings. The number of hydrogen-bond donors (Lipinski definition) is 0. The van der Waals surface area contributed by atoms with E-state index in [0.29, 0.717) is 24.0 Å². The first-order valence-corrected chi connectivity index (χ1v) is 9.09. The van der Waals surface area contributed by atoms with Gasteiger partial charge in [-0.2, -0.15) is 5.10 Å². The largest absolute Gasteiger partial charge is 0.458 e. The van der Waals surface area contributed by atoms with Gasteiger partial charge in [-0.25, -0.2) is 14.3 Å². The monoisotopic (exact) mass is 375 g/mol. The molecule has 0 radical (unpaired) electrons. The molecule has 0 atom stereocenters. The molecule has 142 valence electrons. The first-order chi connectivity index (χ1) is 13.5. The molecule has 28 heavy (non-hydrogen) atoms. The van der Waals surface area contributed by atoms with Crippen LogP contribution < -0.4 is 5.56 Å². The number of furan rings is 1. The Morgan fingerprint density at radius 1 is 0.929 bits per heavy atom. The molecule has 0 bridgehead atoms. The number of rotatable bonds is 5. The Bertz CT molecular complexity index is 1190. The predicted octanol–water partition coefficient (Wildman–Crippen LogP) is 3.12. The average Bonchev–Trinajstić information content (AvgIpc) is 3.25. The second-order valence-electron chi connectivity index (χ2n) is 6.88. The summed E-state index contributed by atoms with van der Waals surface area (Å²) < 4.78 is 8.89. The summed E-state index contributed by atoms with van der Waals surface area (Å²) >= 11 is 0. The van der Waals surface area contributed by atoms with Crippen molar-refractivity contribution < 1.29 is 4.42 Å². The Balaban J connectivity index is 1.75. The van der Waals surface area contributed by atoms with Gasteiger partial charge in [-0.3, -0.25) is 4.79 Å². The van der Waals surface area contributed by atoms with Crippen molar-refractivity contribution in [2.45, 2.75) is 33.9 Å². The van der Waals surface area contributed by atoms with Gasteiger partial charge in [-0.15, -0.1) is 5.10 Å². The summed E-state index contributed by atoms with van der Waals surface area (Å²) in [5.74, 6) is 2.54. The van der Waals surface area contributed by atoms with Gasteiger partial charge in [0.25, 0.3) is 5.56 Å². The van der Waals surface area contributed by atoms with Gasteiger partial charge in [0.15, 0.2) is 5.76 Å². The predicted molar refractivity (Wildman–Crippen MR) is 105 cm³/mol. The third kappa shape index (κ3) is 3.78. The topological polar surface area (TPSA) is 78.7 Å². The molecule has 3 heterocycles. The Labute approximate surface area is 162 Å². The minimum absolute atomic E-state index is 0.175. The molecule has 0 aliphatic heterocycles. The van der Waals surface area contributed by atoms with Crippen molar-refractivity contribution in [1.29, 1.82) is 0 Å². The van der Waals surface area contributed by atoms with Gasteiger partial charge >= 0.3 is 0 Å². The van der Waals surface area contributed by atoms with Crippen molar-refractivity contribution in [3.05, 3.63) is 87.3 Å². The van der Waals surface area contributed by atoms with Crippen molar-refractivity contribution in [1.82, 2.24) is 24.5 Å². The lowest BCUT2D eigenvalue weighted by molar-refractivity contribution is 0.541. The van der Waals surface area contributed by atoms with Crippen LogP contribution in [0.25, 0.3) is 11.6 Å². The van der Waals surface area contributed by atoms with E-state index in [1.165, 1.54) is 16.3 Å². The van der Waals surface area contributed by atoms with Gasteiger partial charge in [0.1, 0.15) is 18.1 Å². The fourth-order valence-electron chi connectivity index (χ4n) is 3.06. The maximum Gasteiger partial charge on any atom is 0.267 e. The maximum absolute atomic E-state index is 12.2. The van der Waals surface area contributed by atoms with E-state index in [2.05, 4.69) is 34.2 Å². The summed E-state index contributed by atoms with van der Waals surface area (Å²) in [5.41, 5.74) is 2.88. The van der Waals surface area contributed by atoms with Crippen LogP contribution in [-0.4, -0.2) is 24.5 Å². The van der Waals surface area contributed by atoms with E-state index in [4.69, 9.17) is 4.42 Å². The standard InChI is InChI=1S/C21H21N5O2/c1-14-5-4-6-17(11-14)12-25-19(13-26-20(27)10-7-15(2)23-26)22-21(24-25)18-9-8-16(3)28-18/h4-11H,12-13H2,1-3H3. The maximum atomic E-state index is 12.2. The highest BCUT2D eigenvalue weighted by molar-refractivity contribution is 5.46. The van der Waals surface area contributed by atoms with Gasteiger partial charge in [0.05, 0.1) is 12.2 Å². The van der Waals surface area contributed by atoms with E-state index in [1.54, 1.807) is 10.7 Å². The summed E-state index contributed by atoms with van der Waals surface area (Å²) in [5, 5.41) is 8.95. The van der Waals surface area contributed by atoms with Crippen LogP contribution in [0.15, 0.2) is 57.7 Å². The molecule has 0 amide bonds. The minimum atomic E-state index is -0.175. The Kier molecular flexibility index (Phi) is 4.65. The van der Waals surface area contributed by atoms with Crippen LogP contribution in [0.2, 0.25) is 0 Å². The summed E-state index contributed by atoms with van der Waals surface area (Å²) in [4.78, 5) is 16.8. The molecule has 0 unspecified atom stereocenters. The zero-order valence-corrected chi connectivity index (χ0v) is 16.1. The fraction of sp³-hybridized carbons (Fsp3) is 0.238. The van der Waals surface area contributed by atoms with Crippen LogP contribution >= 0.6 is 0 Å². The Hall–Kier alpha value is -3.48. The molecule has 3 aromatic heterocycles. The lowest BCUT2D eigenvalue weighted by Gasteiger charge is -2.08. The third-order valence-corrected chi connectivity index (χ3v) is 4.42. The Morgan fingerprint density at radius 3 is 2.54 bits per heavy atom. The van der Waals surface area contributed by atoms with Gasteiger partial charge in [0.2, 0.25) is 5.82 Å². The lowest BCUT2D eigenvalue weighted by Crippen LogP contribution is -2.25. The van der Waals surface area contributed by atoms with Crippen LogP contribution in [0, 0.1) is 20.8 Å². The molecule has 7 nitrogen and oxygen atoms in total. The highest BCUT2D eigenvalue weighted by Gasteiger charge is 2.16. The molecule has 0 spiro atoms. The van der Waals surface area contributed by atoms with Gasteiger partial charge in [0, 0.05) is 6.07 Å². The highest BCUT2D eigenvalue weighted by Crippen LogP contribution is 2.20. The number of nitrogens with zero attached hydrogens (tertiary/aromatic N) is 5. The summed E-state index contributed by atoms with van der Waals surface area (Å²) in [6.07, 6.45) is 0. The Morgan fingerprint density at radius 2 is 1.79 bits per heavy atom. The van der Waals surface area contributed by atoms with Crippen LogP contribution in [0.3, 0.4) is 0 Å². The molecule has 0 aliphatic rings. The van der Waals surface area contributed by atoms with Crippen molar-refractivity contribution in [3.8, 4) is 11.6 Å². The minimum Gasteiger partial charge on any atom is -0.458 e.